The van der Waals surface area contributed by atoms with Crippen LogP contribution in [0.3, 0.4) is 0 Å². The minimum absolute atomic E-state index is 0.0698. The van der Waals surface area contributed by atoms with Gasteiger partial charge in [-0.15, -0.1) is 0 Å². The van der Waals surface area contributed by atoms with E-state index in [2.05, 4.69) is 10.6 Å². The van der Waals surface area contributed by atoms with E-state index in [4.69, 9.17) is 4.74 Å². The predicted octanol–water partition coefficient (Wildman–Crippen LogP) is 4.79. The third-order valence-electron chi connectivity index (χ3n) is 4.08. The Balaban J connectivity index is 1.64. The van der Waals surface area contributed by atoms with Crippen LogP contribution in [0.25, 0.3) is 0 Å². The van der Waals surface area contributed by atoms with Gasteiger partial charge in [-0.05, 0) is 48.9 Å². The third kappa shape index (κ3) is 5.20. The highest BCUT2D eigenvalue weighted by Gasteiger charge is 2.12. The first-order valence-electron chi connectivity index (χ1n) is 9.12. The van der Waals surface area contributed by atoms with Gasteiger partial charge >= 0.3 is 5.97 Å². The fourth-order valence-corrected chi connectivity index (χ4v) is 2.76. The Morgan fingerprint density at radius 1 is 0.821 bits per heavy atom. The zero-order valence-electron chi connectivity index (χ0n) is 15.6. The quantitative estimate of drug-likeness (QED) is 0.584. The molecule has 0 aliphatic carbocycles. The number of amides is 1. The number of para-hydroxylation sites is 1. The molecule has 0 heterocycles. The summed E-state index contributed by atoms with van der Waals surface area (Å²) in [4.78, 5) is 24.2. The van der Waals surface area contributed by atoms with E-state index in [9.17, 15) is 9.59 Å². The average Bonchev–Trinajstić information content (AvgIpc) is 2.71. The Kier molecular flexibility index (Phi) is 6.41. The van der Waals surface area contributed by atoms with Crippen molar-refractivity contribution in [2.24, 2.45) is 0 Å². The normalized spacial score (nSPS) is 10.2. The van der Waals surface area contributed by atoms with Crippen LogP contribution in [0.2, 0.25) is 0 Å². The molecule has 0 unspecified atom stereocenters. The minimum Gasteiger partial charge on any atom is -0.462 e. The fraction of sp³-hybridized carbons (Fsp3) is 0.130. The number of carbonyl (C=O) groups is 2. The molecule has 1 amide bonds. The number of hydrogen-bond donors (Lipinski definition) is 2. The third-order valence-corrected chi connectivity index (χ3v) is 4.08. The molecule has 5 nitrogen and oxygen atoms in total. The van der Waals surface area contributed by atoms with Crippen LogP contribution in [0.5, 0.6) is 0 Å². The van der Waals surface area contributed by atoms with Crippen LogP contribution in [-0.4, -0.2) is 18.5 Å². The summed E-state index contributed by atoms with van der Waals surface area (Å²) in [6.07, 6.45) is 0.327. The molecule has 0 fully saturated rings. The molecule has 0 aromatic heterocycles. The zero-order valence-corrected chi connectivity index (χ0v) is 15.6. The first-order chi connectivity index (χ1) is 13.7. The van der Waals surface area contributed by atoms with Crippen LogP contribution in [0.1, 0.15) is 22.8 Å². The number of benzene rings is 3. The molecule has 0 aliphatic rings. The summed E-state index contributed by atoms with van der Waals surface area (Å²) >= 11 is 0. The van der Waals surface area contributed by atoms with Gasteiger partial charge in [0.05, 0.1) is 24.3 Å². The second-order valence-corrected chi connectivity index (χ2v) is 6.18. The van der Waals surface area contributed by atoms with Gasteiger partial charge in [0, 0.05) is 11.4 Å². The Morgan fingerprint density at radius 3 is 2.18 bits per heavy atom. The monoisotopic (exact) mass is 374 g/mol. The maximum atomic E-state index is 12.2. The van der Waals surface area contributed by atoms with Gasteiger partial charge < -0.3 is 15.4 Å². The fourth-order valence-electron chi connectivity index (χ4n) is 2.76. The standard InChI is InChI=1S/C23H22N2O3/c1-2-28-23(27)20-10-6-7-11-21(20)24-18-12-14-19(15-13-18)25-22(26)16-17-8-4-3-5-9-17/h3-15,24H,2,16H2,1H3,(H,25,26). The summed E-state index contributed by atoms with van der Waals surface area (Å²) in [5.74, 6) is -0.435. The SMILES string of the molecule is CCOC(=O)c1ccccc1Nc1ccc(NC(=O)Cc2ccccc2)cc1. The van der Waals surface area contributed by atoms with Crippen molar-refractivity contribution in [3.63, 3.8) is 0 Å². The summed E-state index contributed by atoms with van der Waals surface area (Å²) in [6, 6.07) is 24.1. The number of nitrogens with one attached hydrogen (secondary N) is 2. The minimum atomic E-state index is -0.365. The van der Waals surface area contributed by atoms with Crippen molar-refractivity contribution in [1.29, 1.82) is 0 Å². The van der Waals surface area contributed by atoms with Crippen molar-refractivity contribution >= 4 is 28.9 Å². The van der Waals surface area contributed by atoms with Crippen molar-refractivity contribution in [1.82, 2.24) is 0 Å². The van der Waals surface area contributed by atoms with E-state index >= 15 is 0 Å². The summed E-state index contributed by atoms with van der Waals surface area (Å²) < 4.78 is 5.09. The Morgan fingerprint density at radius 2 is 1.46 bits per heavy atom. The lowest BCUT2D eigenvalue weighted by atomic mass is 10.1. The van der Waals surface area contributed by atoms with Crippen LogP contribution in [0, 0.1) is 0 Å². The highest BCUT2D eigenvalue weighted by atomic mass is 16.5. The van der Waals surface area contributed by atoms with Crippen LogP contribution in [0.4, 0.5) is 17.1 Å². The van der Waals surface area contributed by atoms with Crippen LogP contribution in [0.15, 0.2) is 78.9 Å². The van der Waals surface area contributed by atoms with Crippen LogP contribution in [-0.2, 0) is 16.0 Å². The maximum absolute atomic E-state index is 12.2. The van der Waals surface area contributed by atoms with Gasteiger partial charge in [-0.3, -0.25) is 4.79 Å². The zero-order chi connectivity index (χ0) is 19.8. The molecule has 3 aromatic carbocycles. The van der Waals surface area contributed by atoms with Gasteiger partial charge in [0.25, 0.3) is 0 Å². The molecule has 0 spiro atoms. The van der Waals surface area contributed by atoms with E-state index in [-0.39, 0.29) is 11.9 Å². The predicted molar refractivity (Wildman–Crippen MR) is 111 cm³/mol. The van der Waals surface area contributed by atoms with E-state index in [1.54, 1.807) is 19.1 Å². The molecule has 3 rings (SSSR count). The maximum Gasteiger partial charge on any atom is 0.340 e. The molecule has 0 radical (unpaired) electrons. The lowest BCUT2D eigenvalue weighted by Gasteiger charge is -2.12. The highest BCUT2D eigenvalue weighted by molar-refractivity contribution is 5.96. The molecule has 5 heteroatoms. The van der Waals surface area contributed by atoms with Crippen molar-refractivity contribution in [2.45, 2.75) is 13.3 Å². The molecule has 0 atom stereocenters. The summed E-state index contributed by atoms with van der Waals surface area (Å²) in [7, 11) is 0. The van der Waals surface area contributed by atoms with E-state index in [0.717, 1.165) is 11.3 Å². The summed E-state index contributed by atoms with van der Waals surface area (Å²) in [5.41, 5.74) is 3.63. The molecule has 0 bridgehead atoms. The topological polar surface area (TPSA) is 67.4 Å². The molecule has 0 aliphatic heterocycles. The second-order valence-electron chi connectivity index (χ2n) is 6.18. The number of ether oxygens (including phenoxy) is 1. The highest BCUT2D eigenvalue weighted by Crippen LogP contribution is 2.23. The smallest absolute Gasteiger partial charge is 0.340 e. The summed E-state index contributed by atoms with van der Waals surface area (Å²) in [5, 5.41) is 6.11. The van der Waals surface area contributed by atoms with Gasteiger partial charge in [0.15, 0.2) is 0 Å². The first-order valence-corrected chi connectivity index (χ1v) is 9.12. The van der Waals surface area contributed by atoms with Crippen LogP contribution < -0.4 is 10.6 Å². The van der Waals surface area contributed by atoms with Crippen molar-refractivity contribution in [3.8, 4) is 0 Å². The summed E-state index contributed by atoms with van der Waals surface area (Å²) in [6.45, 7) is 2.10. The second kappa shape index (κ2) is 9.37. The molecule has 28 heavy (non-hydrogen) atoms. The van der Waals surface area contributed by atoms with Gasteiger partial charge in [-0.1, -0.05) is 42.5 Å². The van der Waals surface area contributed by atoms with Gasteiger partial charge in [0.1, 0.15) is 0 Å². The Labute approximate surface area is 164 Å². The van der Waals surface area contributed by atoms with Gasteiger partial charge in [-0.25, -0.2) is 4.79 Å². The number of hydrogen-bond acceptors (Lipinski definition) is 4. The number of anilines is 3. The number of carbonyl (C=O) groups excluding carboxylic acids is 2. The molecular formula is C23H22N2O3. The number of rotatable bonds is 7. The van der Waals surface area contributed by atoms with Gasteiger partial charge in [-0.2, -0.15) is 0 Å². The first kappa shape index (κ1) is 19.2. The van der Waals surface area contributed by atoms with Crippen molar-refractivity contribution < 1.29 is 14.3 Å². The molecule has 0 saturated carbocycles. The van der Waals surface area contributed by atoms with Gasteiger partial charge in [0.2, 0.25) is 5.91 Å². The van der Waals surface area contributed by atoms with E-state index in [0.29, 0.717) is 30.0 Å². The van der Waals surface area contributed by atoms with Crippen molar-refractivity contribution in [3.05, 3.63) is 90.0 Å². The van der Waals surface area contributed by atoms with E-state index in [1.807, 2.05) is 66.7 Å². The molecule has 142 valence electrons. The number of esters is 1. The molecule has 2 N–H and O–H groups in total. The average molecular weight is 374 g/mol. The van der Waals surface area contributed by atoms with Crippen LogP contribution >= 0.6 is 0 Å². The largest absolute Gasteiger partial charge is 0.462 e. The van der Waals surface area contributed by atoms with E-state index in [1.165, 1.54) is 0 Å². The lowest BCUT2D eigenvalue weighted by molar-refractivity contribution is -0.115. The van der Waals surface area contributed by atoms with Crippen molar-refractivity contribution in [2.75, 3.05) is 17.2 Å². The van der Waals surface area contributed by atoms with E-state index < -0.39 is 0 Å². The Hall–Kier alpha value is -3.60. The molecular weight excluding hydrogens is 352 g/mol. The molecule has 3 aromatic rings. The Bertz CT molecular complexity index is 938. The lowest BCUT2D eigenvalue weighted by Crippen LogP contribution is -2.14. The molecule has 0 saturated heterocycles.